The summed E-state index contributed by atoms with van der Waals surface area (Å²) in [5.74, 6) is -1.53. The van der Waals surface area contributed by atoms with E-state index < -0.39 is 18.5 Å². The van der Waals surface area contributed by atoms with E-state index in [0.717, 1.165) is 5.56 Å². The van der Waals surface area contributed by atoms with E-state index >= 15 is 0 Å². The van der Waals surface area contributed by atoms with Gasteiger partial charge < -0.3 is 15.2 Å². The van der Waals surface area contributed by atoms with Gasteiger partial charge in [0.05, 0.1) is 11.9 Å². The summed E-state index contributed by atoms with van der Waals surface area (Å²) >= 11 is 3.24. The molecule has 0 radical (unpaired) electrons. The molecule has 0 atom stereocenters. The van der Waals surface area contributed by atoms with Crippen molar-refractivity contribution in [1.82, 2.24) is 4.98 Å². The quantitative estimate of drug-likeness (QED) is 0.798. The summed E-state index contributed by atoms with van der Waals surface area (Å²) in [7, 11) is 0. The first kappa shape index (κ1) is 13.6. The molecular weight excluding hydrogens is 292 g/mol. The van der Waals surface area contributed by atoms with Gasteiger partial charge in [-0.2, -0.15) is 0 Å². The van der Waals surface area contributed by atoms with E-state index in [9.17, 15) is 9.59 Å². The van der Waals surface area contributed by atoms with Crippen LogP contribution in [0.1, 0.15) is 5.56 Å². The van der Waals surface area contributed by atoms with Gasteiger partial charge in [-0.15, -0.1) is 0 Å². The molecule has 1 aromatic heterocycles. The van der Waals surface area contributed by atoms with Gasteiger partial charge in [-0.1, -0.05) is 0 Å². The van der Waals surface area contributed by atoms with Crippen molar-refractivity contribution in [1.29, 1.82) is 0 Å². The monoisotopic (exact) mass is 302 g/mol. The van der Waals surface area contributed by atoms with Crippen molar-refractivity contribution >= 4 is 33.5 Å². The predicted molar refractivity (Wildman–Crippen MR) is 63.8 cm³/mol. The van der Waals surface area contributed by atoms with Crippen LogP contribution in [-0.4, -0.2) is 35.2 Å². The van der Waals surface area contributed by atoms with Crippen LogP contribution >= 0.6 is 15.9 Å². The fraction of sp³-hybridized carbons (Fsp3) is 0.300. The summed E-state index contributed by atoms with van der Waals surface area (Å²) in [6.45, 7) is 1.04. The molecule has 0 bridgehead atoms. The number of carbonyl (C=O) groups is 2. The smallest absolute Gasteiger partial charge is 0.329 e. The number of aliphatic carboxylic acids is 1. The van der Waals surface area contributed by atoms with Crippen LogP contribution in [0, 0.1) is 6.92 Å². The van der Waals surface area contributed by atoms with Crippen LogP contribution in [-0.2, 0) is 14.3 Å². The first-order valence-electron chi connectivity index (χ1n) is 4.70. The molecule has 0 spiro atoms. The molecule has 0 saturated heterocycles. The van der Waals surface area contributed by atoms with Crippen LogP contribution in [0.25, 0.3) is 0 Å². The summed E-state index contributed by atoms with van der Waals surface area (Å²) in [6, 6.07) is 1.74. The lowest BCUT2D eigenvalue weighted by molar-refractivity contribution is -0.143. The minimum atomic E-state index is -1.11. The van der Waals surface area contributed by atoms with Crippen LogP contribution in [0.15, 0.2) is 16.9 Å². The van der Waals surface area contributed by atoms with Crippen molar-refractivity contribution in [2.45, 2.75) is 6.92 Å². The van der Waals surface area contributed by atoms with E-state index in [1.54, 1.807) is 6.07 Å². The van der Waals surface area contributed by atoms with Crippen molar-refractivity contribution in [3.8, 4) is 0 Å². The Hall–Kier alpha value is -1.47. The predicted octanol–water partition coefficient (Wildman–Crippen LogP) is 1.19. The third kappa shape index (κ3) is 4.92. The first-order valence-corrected chi connectivity index (χ1v) is 5.50. The van der Waals surface area contributed by atoms with E-state index in [4.69, 9.17) is 5.11 Å². The molecule has 0 aliphatic heterocycles. The Morgan fingerprint density at radius 1 is 1.53 bits per heavy atom. The van der Waals surface area contributed by atoms with Gasteiger partial charge in [0.15, 0.2) is 0 Å². The number of aryl methyl sites for hydroxylation is 1. The molecule has 7 heteroatoms. The van der Waals surface area contributed by atoms with Gasteiger partial charge in [0.1, 0.15) is 17.8 Å². The average Bonchev–Trinajstić information content (AvgIpc) is 2.23. The minimum absolute atomic E-state index is 0.304. The van der Waals surface area contributed by atoms with Crippen molar-refractivity contribution in [2.75, 3.05) is 18.5 Å². The lowest BCUT2D eigenvalue weighted by Crippen LogP contribution is -2.20. The highest BCUT2D eigenvalue weighted by atomic mass is 79.9. The maximum Gasteiger partial charge on any atom is 0.329 e. The number of amides is 1. The number of carboxylic acids is 1. The van der Waals surface area contributed by atoms with Gasteiger partial charge in [0, 0.05) is 0 Å². The van der Waals surface area contributed by atoms with Gasteiger partial charge in [0.2, 0.25) is 5.91 Å². The number of aromatic nitrogens is 1. The molecule has 92 valence electrons. The van der Waals surface area contributed by atoms with E-state index in [1.165, 1.54) is 6.20 Å². The molecular formula is C10H11BrN2O4. The van der Waals surface area contributed by atoms with Gasteiger partial charge in [-0.25, -0.2) is 9.78 Å². The Bertz CT molecular complexity index is 436. The van der Waals surface area contributed by atoms with Crippen LogP contribution < -0.4 is 5.32 Å². The third-order valence-corrected chi connectivity index (χ3v) is 2.59. The molecule has 0 saturated carbocycles. The normalized spacial score (nSPS) is 10.0. The SMILES string of the molecule is Cc1cc(NC(=O)COCC(=O)O)cnc1Br. The lowest BCUT2D eigenvalue weighted by Gasteiger charge is -2.06. The number of anilines is 1. The van der Waals surface area contributed by atoms with Crippen LogP contribution in [0.5, 0.6) is 0 Å². The van der Waals surface area contributed by atoms with Crippen molar-refractivity contribution in [3.05, 3.63) is 22.4 Å². The zero-order valence-corrected chi connectivity index (χ0v) is 10.7. The first-order chi connectivity index (χ1) is 7.99. The fourth-order valence-electron chi connectivity index (χ4n) is 1.05. The number of nitrogens with one attached hydrogen (secondary N) is 1. The van der Waals surface area contributed by atoms with Crippen molar-refractivity contribution < 1.29 is 19.4 Å². The summed E-state index contributed by atoms with van der Waals surface area (Å²) in [5.41, 5.74) is 1.42. The zero-order chi connectivity index (χ0) is 12.8. The Morgan fingerprint density at radius 2 is 2.24 bits per heavy atom. The zero-order valence-electron chi connectivity index (χ0n) is 9.07. The average molecular weight is 303 g/mol. The fourth-order valence-corrected chi connectivity index (χ4v) is 1.27. The van der Waals surface area contributed by atoms with Crippen LogP contribution in [0.4, 0.5) is 5.69 Å². The molecule has 0 unspecified atom stereocenters. The van der Waals surface area contributed by atoms with Crippen LogP contribution in [0.3, 0.4) is 0 Å². The summed E-state index contributed by atoms with van der Waals surface area (Å²) in [5, 5.41) is 10.9. The lowest BCUT2D eigenvalue weighted by atomic mass is 10.3. The highest BCUT2D eigenvalue weighted by Crippen LogP contribution is 2.16. The second-order valence-corrected chi connectivity index (χ2v) is 4.02. The Morgan fingerprint density at radius 3 is 2.82 bits per heavy atom. The number of halogens is 1. The highest BCUT2D eigenvalue weighted by molar-refractivity contribution is 9.10. The molecule has 0 aliphatic rings. The van der Waals surface area contributed by atoms with Crippen molar-refractivity contribution in [2.24, 2.45) is 0 Å². The van der Waals surface area contributed by atoms with E-state index in [0.29, 0.717) is 10.3 Å². The Kier molecular flexibility index (Phi) is 5.05. The second-order valence-electron chi connectivity index (χ2n) is 3.27. The molecule has 1 rings (SSSR count). The van der Waals surface area contributed by atoms with E-state index in [2.05, 4.69) is 31.0 Å². The molecule has 17 heavy (non-hydrogen) atoms. The summed E-state index contributed by atoms with van der Waals surface area (Å²) < 4.78 is 5.35. The van der Waals surface area contributed by atoms with Crippen LogP contribution in [0.2, 0.25) is 0 Å². The van der Waals surface area contributed by atoms with Gasteiger partial charge in [-0.3, -0.25) is 4.79 Å². The van der Waals surface area contributed by atoms with Gasteiger partial charge in [-0.05, 0) is 34.5 Å². The number of carboxylic acid groups (broad SMARTS) is 1. The number of pyridine rings is 1. The van der Waals surface area contributed by atoms with Gasteiger partial charge >= 0.3 is 5.97 Å². The number of hydrogen-bond donors (Lipinski definition) is 2. The molecule has 6 nitrogen and oxygen atoms in total. The Labute approximate surface area is 106 Å². The largest absolute Gasteiger partial charge is 0.480 e. The molecule has 2 N–H and O–H groups in total. The standard InChI is InChI=1S/C10H11BrN2O4/c1-6-2-7(3-12-10(6)11)13-8(14)4-17-5-9(15)16/h2-3H,4-5H2,1H3,(H,13,14)(H,15,16). The molecule has 1 aromatic rings. The third-order valence-electron chi connectivity index (χ3n) is 1.76. The summed E-state index contributed by atoms with van der Waals surface area (Å²) in [4.78, 5) is 25.5. The van der Waals surface area contributed by atoms with Gasteiger partial charge in [0.25, 0.3) is 0 Å². The molecule has 0 aromatic carbocycles. The maximum atomic E-state index is 11.3. The van der Waals surface area contributed by atoms with Crippen molar-refractivity contribution in [3.63, 3.8) is 0 Å². The molecule has 0 fully saturated rings. The van der Waals surface area contributed by atoms with E-state index in [-0.39, 0.29) is 6.61 Å². The highest BCUT2D eigenvalue weighted by Gasteiger charge is 2.05. The Balaban J connectivity index is 2.45. The molecule has 1 heterocycles. The number of hydrogen-bond acceptors (Lipinski definition) is 4. The number of carbonyl (C=O) groups excluding carboxylic acids is 1. The van der Waals surface area contributed by atoms with E-state index in [1.807, 2.05) is 6.92 Å². The maximum absolute atomic E-state index is 11.3. The number of rotatable bonds is 5. The second kappa shape index (κ2) is 6.31. The molecule has 0 aliphatic carbocycles. The summed E-state index contributed by atoms with van der Waals surface area (Å²) in [6.07, 6.45) is 1.49. The topological polar surface area (TPSA) is 88.5 Å². The number of nitrogens with zero attached hydrogens (tertiary/aromatic N) is 1. The number of ether oxygens (including phenoxy) is 1. The molecule has 1 amide bonds. The minimum Gasteiger partial charge on any atom is -0.480 e.